The van der Waals surface area contributed by atoms with E-state index in [0.29, 0.717) is 12.2 Å². The largest absolute Gasteiger partial charge is 0.416 e. The number of allylic oxidation sites excluding steroid dienone is 1. The average molecular weight is 454 g/mol. The molecule has 1 aromatic carbocycles. The number of likely N-dealkylation sites (tertiary alicyclic amines) is 1. The number of nitrogens with zero attached hydrogens (tertiary/aromatic N) is 4. The summed E-state index contributed by atoms with van der Waals surface area (Å²) in [5, 5.41) is 3.19. The molecule has 1 atom stereocenters. The van der Waals surface area contributed by atoms with Crippen molar-refractivity contribution in [2.24, 2.45) is 10.9 Å². The van der Waals surface area contributed by atoms with Crippen LogP contribution >= 0.6 is 0 Å². The second-order valence-corrected chi connectivity index (χ2v) is 8.24. The second kappa shape index (κ2) is 9.13. The van der Waals surface area contributed by atoms with E-state index in [1.807, 2.05) is 30.2 Å². The third-order valence-corrected chi connectivity index (χ3v) is 5.94. The van der Waals surface area contributed by atoms with Crippen molar-refractivity contribution in [1.29, 1.82) is 0 Å². The molecule has 8 heteroatoms. The molecule has 0 saturated carbocycles. The molecule has 172 valence electrons. The summed E-state index contributed by atoms with van der Waals surface area (Å²) in [6.07, 6.45) is 2.96. The van der Waals surface area contributed by atoms with Crippen molar-refractivity contribution in [2.45, 2.75) is 19.0 Å². The highest BCUT2D eigenvalue weighted by molar-refractivity contribution is 5.91. The number of piperidine rings is 1. The van der Waals surface area contributed by atoms with Gasteiger partial charge in [0.1, 0.15) is 0 Å². The van der Waals surface area contributed by atoms with Gasteiger partial charge in [-0.3, -0.25) is 4.98 Å². The van der Waals surface area contributed by atoms with Crippen LogP contribution in [0.5, 0.6) is 0 Å². The number of guanidine groups is 1. The van der Waals surface area contributed by atoms with Crippen molar-refractivity contribution in [3.8, 4) is 0 Å². The van der Waals surface area contributed by atoms with Gasteiger partial charge in [-0.15, -0.1) is 0 Å². The molecule has 5 nitrogen and oxygen atoms in total. The molecule has 0 spiro atoms. The van der Waals surface area contributed by atoms with E-state index < -0.39 is 11.7 Å². The lowest BCUT2D eigenvalue weighted by molar-refractivity contribution is -0.137. The maximum Gasteiger partial charge on any atom is 0.416 e. The van der Waals surface area contributed by atoms with E-state index in [0.717, 1.165) is 60.1 Å². The smallest absolute Gasteiger partial charge is 0.359 e. The number of hydrogen-bond acceptors (Lipinski definition) is 5. The van der Waals surface area contributed by atoms with Crippen LogP contribution in [0, 0.1) is 5.92 Å². The highest BCUT2D eigenvalue weighted by Crippen LogP contribution is 2.32. The van der Waals surface area contributed by atoms with E-state index in [2.05, 4.69) is 28.4 Å². The Balaban J connectivity index is 1.47. The van der Waals surface area contributed by atoms with Gasteiger partial charge in [0.05, 0.1) is 11.3 Å². The summed E-state index contributed by atoms with van der Waals surface area (Å²) in [7, 11) is 1.94. The average Bonchev–Trinajstić information content (AvgIpc) is 2.81. The number of aromatic nitrogens is 1. The molecule has 1 aromatic heterocycles. The Bertz CT molecular complexity index is 1090. The van der Waals surface area contributed by atoms with Crippen LogP contribution < -0.4 is 5.32 Å². The normalized spacial score (nSPS) is 19.2. The Morgan fingerprint density at radius 1 is 1.12 bits per heavy atom. The van der Waals surface area contributed by atoms with Gasteiger partial charge in [-0.1, -0.05) is 13.2 Å². The first-order chi connectivity index (χ1) is 15.7. The molecule has 2 aliphatic rings. The van der Waals surface area contributed by atoms with E-state index in [-0.39, 0.29) is 5.92 Å². The van der Waals surface area contributed by atoms with Crippen LogP contribution in [0.2, 0.25) is 0 Å². The SMILES string of the molecule is C=C(Nc1ccc(C(F)(F)F)cc1)C1CCCN(C2=NC(c3ccncc3)=CC(=C)N2C)C1. The Morgan fingerprint density at radius 3 is 2.48 bits per heavy atom. The zero-order chi connectivity index (χ0) is 23.6. The van der Waals surface area contributed by atoms with Crippen molar-refractivity contribution in [3.05, 3.63) is 90.5 Å². The van der Waals surface area contributed by atoms with Crippen LogP contribution in [0.1, 0.15) is 24.0 Å². The van der Waals surface area contributed by atoms with Crippen molar-refractivity contribution in [2.75, 3.05) is 25.5 Å². The Morgan fingerprint density at radius 2 is 1.82 bits per heavy atom. The molecule has 0 aliphatic carbocycles. The molecule has 1 unspecified atom stereocenters. The molecule has 0 amide bonds. The number of aliphatic imine (C=N–C) groups is 1. The number of nitrogens with one attached hydrogen (secondary N) is 1. The molecule has 0 radical (unpaired) electrons. The number of anilines is 1. The highest BCUT2D eigenvalue weighted by atomic mass is 19.4. The van der Waals surface area contributed by atoms with Crippen molar-refractivity contribution >= 4 is 17.3 Å². The number of likely N-dealkylation sites (N-methyl/N-ethyl adjacent to an activating group) is 1. The standard InChI is InChI=1S/C25H26F3N5/c1-17-15-23(19-10-12-29-13-11-19)31-24(32(17)3)33-14-4-5-20(16-33)18(2)30-22-8-6-21(7-9-22)25(26,27)28/h6-13,15,20,30H,1-2,4-5,14,16H2,3H3. The molecule has 1 fully saturated rings. The summed E-state index contributed by atoms with van der Waals surface area (Å²) >= 11 is 0. The molecule has 2 aliphatic heterocycles. The minimum Gasteiger partial charge on any atom is -0.359 e. The zero-order valence-corrected chi connectivity index (χ0v) is 18.4. The van der Waals surface area contributed by atoms with Crippen LogP contribution in [-0.4, -0.2) is 40.9 Å². The van der Waals surface area contributed by atoms with Crippen LogP contribution in [0.3, 0.4) is 0 Å². The maximum absolute atomic E-state index is 12.8. The fraction of sp³-hybridized carbons (Fsp3) is 0.280. The second-order valence-electron chi connectivity index (χ2n) is 8.24. The van der Waals surface area contributed by atoms with Gasteiger partial charge in [0.2, 0.25) is 5.96 Å². The van der Waals surface area contributed by atoms with E-state index in [9.17, 15) is 13.2 Å². The molecule has 1 saturated heterocycles. The van der Waals surface area contributed by atoms with Crippen LogP contribution in [0.25, 0.3) is 5.70 Å². The van der Waals surface area contributed by atoms with Crippen LogP contribution in [0.15, 0.2) is 84.4 Å². The molecule has 0 bridgehead atoms. The number of pyridine rings is 1. The van der Waals surface area contributed by atoms with Gasteiger partial charge in [0, 0.05) is 61.1 Å². The van der Waals surface area contributed by atoms with Gasteiger partial charge >= 0.3 is 6.18 Å². The predicted molar refractivity (Wildman–Crippen MR) is 125 cm³/mol. The van der Waals surface area contributed by atoms with E-state index in [1.54, 1.807) is 12.4 Å². The molecular weight excluding hydrogens is 427 g/mol. The third-order valence-electron chi connectivity index (χ3n) is 5.94. The van der Waals surface area contributed by atoms with Gasteiger partial charge in [-0.2, -0.15) is 13.2 Å². The summed E-state index contributed by atoms with van der Waals surface area (Å²) < 4.78 is 38.4. The fourth-order valence-electron chi connectivity index (χ4n) is 4.02. The Hall–Kier alpha value is -3.55. The van der Waals surface area contributed by atoms with Crippen LogP contribution in [-0.2, 0) is 6.18 Å². The number of benzene rings is 1. The molecule has 33 heavy (non-hydrogen) atoms. The van der Waals surface area contributed by atoms with E-state index >= 15 is 0 Å². The zero-order valence-electron chi connectivity index (χ0n) is 18.4. The Labute approximate surface area is 191 Å². The summed E-state index contributed by atoms with van der Waals surface area (Å²) in [5.41, 5.74) is 3.35. The minimum atomic E-state index is -4.35. The molecule has 3 heterocycles. The minimum absolute atomic E-state index is 0.126. The van der Waals surface area contributed by atoms with Crippen molar-refractivity contribution < 1.29 is 13.2 Å². The van der Waals surface area contributed by atoms with E-state index in [4.69, 9.17) is 4.99 Å². The lowest BCUT2D eigenvalue weighted by atomic mass is 9.95. The van der Waals surface area contributed by atoms with Gasteiger partial charge in [-0.05, 0) is 55.3 Å². The monoisotopic (exact) mass is 453 g/mol. The molecule has 2 aromatic rings. The topological polar surface area (TPSA) is 43.8 Å². The first-order valence-corrected chi connectivity index (χ1v) is 10.7. The molecule has 4 rings (SSSR count). The lowest BCUT2D eigenvalue weighted by Gasteiger charge is -2.40. The highest BCUT2D eigenvalue weighted by Gasteiger charge is 2.31. The molecule has 1 N–H and O–H groups in total. The van der Waals surface area contributed by atoms with Gasteiger partial charge in [0.25, 0.3) is 0 Å². The number of rotatable bonds is 4. The van der Waals surface area contributed by atoms with Gasteiger partial charge in [-0.25, -0.2) is 4.99 Å². The summed E-state index contributed by atoms with van der Waals surface area (Å²) in [5.74, 6) is 0.946. The Kier molecular flexibility index (Phi) is 6.26. The predicted octanol–water partition coefficient (Wildman–Crippen LogP) is 5.59. The number of halogens is 3. The number of alkyl halides is 3. The van der Waals surface area contributed by atoms with Crippen molar-refractivity contribution in [3.63, 3.8) is 0 Å². The summed E-state index contributed by atoms with van der Waals surface area (Å²) in [6, 6.07) is 8.85. The summed E-state index contributed by atoms with van der Waals surface area (Å²) in [4.78, 5) is 13.2. The summed E-state index contributed by atoms with van der Waals surface area (Å²) in [6.45, 7) is 9.89. The van der Waals surface area contributed by atoms with Crippen LogP contribution in [0.4, 0.5) is 18.9 Å². The third kappa shape index (κ3) is 5.10. The fourth-order valence-corrected chi connectivity index (χ4v) is 4.02. The molecular formula is C25H26F3N5. The quantitative estimate of drug-likeness (QED) is 0.655. The first-order valence-electron chi connectivity index (χ1n) is 10.7. The van der Waals surface area contributed by atoms with Gasteiger partial charge in [0.15, 0.2) is 0 Å². The lowest BCUT2D eigenvalue weighted by Crippen LogP contribution is -2.48. The number of hydrogen-bond donors (Lipinski definition) is 1. The maximum atomic E-state index is 12.8. The van der Waals surface area contributed by atoms with Gasteiger partial charge < -0.3 is 15.1 Å². The van der Waals surface area contributed by atoms with Crippen molar-refractivity contribution in [1.82, 2.24) is 14.8 Å². The first kappa shape index (κ1) is 22.6. The van der Waals surface area contributed by atoms with E-state index in [1.165, 1.54) is 12.1 Å².